The van der Waals surface area contributed by atoms with E-state index in [2.05, 4.69) is 12.2 Å². The van der Waals surface area contributed by atoms with Gasteiger partial charge in [-0.2, -0.15) is 0 Å². The van der Waals surface area contributed by atoms with Gasteiger partial charge >= 0.3 is 0 Å². The highest BCUT2D eigenvalue weighted by atomic mass is 16.5. The first-order valence-corrected chi connectivity index (χ1v) is 7.29. The molecule has 0 spiro atoms. The molecule has 0 saturated carbocycles. The van der Waals surface area contributed by atoms with Gasteiger partial charge in [0.1, 0.15) is 11.5 Å². The highest BCUT2D eigenvalue weighted by Gasteiger charge is 2.09. The standard InChI is InChI=1S/C18H21NO3/c1-4-14-7-5-6-13(2)18(14)19-17(20)12-22-16-10-8-15(21-3)9-11-16/h5-11H,4,12H2,1-3H3,(H,19,20). The Bertz CT molecular complexity index is 635. The molecule has 22 heavy (non-hydrogen) atoms. The molecule has 4 heteroatoms. The fraction of sp³-hybridized carbons (Fsp3) is 0.278. The Hall–Kier alpha value is -2.49. The number of para-hydroxylation sites is 1. The van der Waals surface area contributed by atoms with E-state index < -0.39 is 0 Å². The maximum Gasteiger partial charge on any atom is 0.262 e. The first-order valence-electron chi connectivity index (χ1n) is 7.29. The number of benzene rings is 2. The van der Waals surface area contributed by atoms with Gasteiger partial charge < -0.3 is 14.8 Å². The second kappa shape index (κ2) is 7.50. The average Bonchev–Trinajstić information content (AvgIpc) is 2.55. The fourth-order valence-corrected chi connectivity index (χ4v) is 2.20. The summed E-state index contributed by atoms with van der Waals surface area (Å²) in [5, 5.41) is 2.93. The van der Waals surface area contributed by atoms with Gasteiger partial charge in [-0.3, -0.25) is 4.79 Å². The summed E-state index contributed by atoms with van der Waals surface area (Å²) in [6.45, 7) is 4.03. The van der Waals surface area contributed by atoms with Gasteiger partial charge in [-0.1, -0.05) is 25.1 Å². The lowest BCUT2D eigenvalue weighted by Gasteiger charge is -2.13. The van der Waals surface area contributed by atoms with Crippen LogP contribution in [0.3, 0.4) is 0 Å². The van der Waals surface area contributed by atoms with Crippen LogP contribution < -0.4 is 14.8 Å². The summed E-state index contributed by atoms with van der Waals surface area (Å²) in [5.41, 5.74) is 3.06. The molecule has 0 bridgehead atoms. The van der Waals surface area contributed by atoms with Crippen molar-refractivity contribution >= 4 is 11.6 Å². The van der Waals surface area contributed by atoms with Gasteiger partial charge in [0.05, 0.1) is 7.11 Å². The van der Waals surface area contributed by atoms with Crippen molar-refractivity contribution in [2.45, 2.75) is 20.3 Å². The Morgan fingerprint density at radius 1 is 1.09 bits per heavy atom. The molecule has 0 aliphatic rings. The molecule has 2 rings (SSSR count). The zero-order chi connectivity index (χ0) is 15.9. The summed E-state index contributed by atoms with van der Waals surface area (Å²) in [7, 11) is 1.61. The molecule has 0 heterocycles. The summed E-state index contributed by atoms with van der Waals surface area (Å²) < 4.78 is 10.6. The second-order valence-corrected chi connectivity index (χ2v) is 4.97. The molecule has 2 aromatic carbocycles. The Morgan fingerprint density at radius 2 is 1.77 bits per heavy atom. The number of methoxy groups -OCH3 is 1. The zero-order valence-corrected chi connectivity index (χ0v) is 13.2. The van der Waals surface area contributed by atoms with Crippen LogP contribution in [0.5, 0.6) is 11.5 Å². The molecule has 4 nitrogen and oxygen atoms in total. The number of nitrogens with one attached hydrogen (secondary N) is 1. The van der Waals surface area contributed by atoms with E-state index in [0.29, 0.717) is 5.75 Å². The SMILES string of the molecule is CCc1cccc(C)c1NC(=O)COc1ccc(OC)cc1. The molecule has 0 aromatic heterocycles. The van der Waals surface area contributed by atoms with Crippen molar-refractivity contribution in [2.24, 2.45) is 0 Å². The summed E-state index contributed by atoms with van der Waals surface area (Å²) in [5.74, 6) is 1.22. The average molecular weight is 299 g/mol. The van der Waals surface area contributed by atoms with Crippen molar-refractivity contribution in [1.82, 2.24) is 0 Å². The highest BCUT2D eigenvalue weighted by Crippen LogP contribution is 2.21. The summed E-state index contributed by atoms with van der Waals surface area (Å²) in [6.07, 6.45) is 0.872. The summed E-state index contributed by atoms with van der Waals surface area (Å²) in [6, 6.07) is 13.1. The van der Waals surface area contributed by atoms with Crippen LogP contribution in [-0.4, -0.2) is 19.6 Å². The molecule has 0 radical (unpaired) electrons. The highest BCUT2D eigenvalue weighted by molar-refractivity contribution is 5.93. The lowest BCUT2D eigenvalue weighted by molar-refractivity contribution is -0.118. The molecule has 0 atom stereocenters. The summed E-state index contributed by atoms with van der Waals surface area (Å²) >= 11 is 0. The van der Waals surface area contributed by atoms with Crippen LogP contribution in [0, 0.1) is 6.92 Å². The Morgan fingerprint density at radius 3 is 2.41 bits per heavy atom. The minimum atomic E-state index is -0.167. The number of aryl methyl sites for hydroxylation is 2. The van der Waals surface area contributed by atoms with Crippen molar-refractivity contribution in [3.8, 4) is 11.5 Å². The molecular weight excluding hydrogens is 278 g/mol. The van der Waals surface area contributed by atoms with Crippen LogP contribution >= 0.6 is 0 Å². The Labute approximate surface area is 131 Å². The topological polar surface area (TPSA) is 47.6 Å². The number of hydrogen-bond acceptors (Lipinski definition) is 3. The minimum Gasteiger partial charge on any atom is -0.497 e. The Balaban J connectivity index is 1.95. The molecule has 2 aromatic rings. The number of anilines is 1. The van der Waals surface area contributed by atoms with Gasteiger partial charge in [0, 0.05) is 5.69 Å². The normalized spacial score (nSPS) is 10.1. The van der Waals surface area contributed by atoms with E-state index in [1.54, 1.807) is 31.4 Å². The quantitative estimate of drug-likeness (QED) is 0.887. The van der Waals surface area contributed by atoms with E-state index in [1.165, 1.54) is 0 Å². The number of ether oxygens (including phenoxy) is 2. The van der Waals surface area contributed by atoms with Gasteiger partial charge in [0.15, 0.2) is 6.61 Å². The maximum absolute atomic E-state index is 12.1. The van der Waals surface area contributed by atoms with E-state index in [0.717, 1.165) is 29.0 Å². The molecule has 0 fully saturated rings. The van der Waals surface area contributed by atoms with E-state index in [4.69, 9.17) is 9.47 Å². The number of amides is 1. The number of carbonyl (C=O) groups excluding carboxylic acids is 1. The first kappa shape index (κ1) is 15.9. The van der Waals surface area contributed by atoms with Crippen molar-refractivity contribution in [1.29, 1.82) is 0 Å². The molecule has 0 unspecified atom stereocenters. The third-order valence-corrected chi connectivity index (χ3v) is 3.43. The lowest BCUT2D eigenvalue weighted by atomic mass is 10.1. The van der Waals surface area contributed by atoms with Crippen LogP contribution in [-0.2, 0) is 11.2 Å². The largest absolute Gasteiger partial charge is 0.497 e. The number of carbonyl (C=O) groups is 1. The fourth-order valence-electron chi connectivity index (χ4n) is 2.20. The van der Waals surface area contributed by atoms with Crippen LogP contribution in [0.2, 0.25) is 0 Å². The first-order chi connectivity index (χ1) is 10.6. The molecule has 1 amide bonds. The van der Waals surface area contributed by atoms with Gasteiger partial charge in [-0.25, -0.2) is 0 Å². The molecular formula is C18H21NO3. The second-order valence-electron chi connectivity index (χ2n) is 4.97. The Kier molecular flexibility index (Phi) is 5.42. The lowest BCUT2D eigenvalue weighted by Crippen LogP contribution is -2.21. The predicted molar refractivity (Wildman–Crippen MR) is 87.7 cm³/mol. The van der Waals surface area contributed by atoms with Crippen LogP contribution in [0.4, 0.5) is 5.69 Å². The van der Waals surface area contributed by atoms with Gasteiger partial charge in [0.2, 0.25) is 0 Å². The van der Waals surface area contributed by atoms with Gasteiger partial charge in [-0.05, 0) is 48.7 Å². The monoisotopic (exact) mass is 299 g/mol. The van der Waals surface area contributed by atoms with Crippen molar-refractivity contribution in [2.75, 3.05) is 19.0 Å². The van der Waals surface area contributed by atoms with Crippen LogP contribution in [0.15, 0.2) is 42.5 Å². The van der Waals surface area contributed by atoms with Crippen molar-refractivity contribution in [3.05, 3.63) is 53.6 Å². The molecule has 1 N–H and O–H groups in total. The molecule has 0 saturated heterocycles. The molecule has 0 aliphatic heterocycles. The maximum atomic E-state index is 12.1. The van der Waals surface area contributed by atoms with E-state index in [9.17, 15) is 4.79 Å². The van der Waals surface area contributed by atoms with E-state index >= 15 is 0 Å². The summed E-state index contributed by atoms with van der Waals surface area (Å²) in [4.78, 5) is 12.1. The third-order valence-electron chi connectivity index (χ3n) is 3.43. The van der Waals surface area contributed by atoms with Gasteiger partial charge in [0.25, 0.3) is 5.91 Å². The minimum absolute atomic E-state index is 0.0240. The molecule has 0 aliphatic carbocycles. The van der Waals surface area contributed by atoms with E-state index in [-0.39, 0.29) is 12.5 Å². The zero-order valence-electron chi connectivity index (χ0n) is 13.2. The van der Waals surface area contributed by atoms with Gasteiger partial charge in [-0.15, -0.1) is 0 Å². The van der Waals surface area contributed by atoms with Crippen molar-refractivity contribution in [3.63, 3.8) is 0 Å². The van der Waals surface area contributed by atoms with Crippen LogP contribution in [0.1, 0.15) is 18.1 Å². The van der Waals surface area contributed by atoms with Crippen molar-refractivity contribution < 1.29 is 14.3 Å². The number of hydrogen-bond donors (Lipinski definition) is 1. The van der Waals surface area contributed by atoms with Crippen LogP contribution in [0.25, 0.3) is 0 Å². The number of rotatable bonds is 6. The van der Waals surface area contributed by atoms with E-state index in [1.807, 2.05) is 25.1 Å². The third kappa shape index (κ3) is 4.01. The predicted octanol–water partition coefficient (Wildman–Crippen LogP) is 3.58. The molecule has 116 valence electrons. The smallest absolute Gasteiger partial charge is 0.262 e.